The molecule has 1 unspecified atom stereocenters. The van der Waals surface area contributed by atoms with E-state index in [4.69, 9.17) is 11.2 Å². The van der Waals surface area contributed by atoms with Gasteiger partial charge in [-0.2, -0.15) is 0 Å². The molecule has 1 saturated heterocycles. The molecule has 0 bridgehead atoms. The van der Waals surface area contributed by atoms with E-state index in [1.165, 1.54) is 0 Å². The molecular weight excluding hydrogens is 216 g/mol. The van der Waals surface area contributed by atoms with Crippen LogP contribution >= 0.6 is 0 Å². The van der Waals surface area contributed by atoms with Gasteiger partial charge in [0.1, 0.15) is 0 Å². The van der Waals surface area contributed by atoms with Gasteiger partial charge in [0, 0.05) is 19.5 Å². The molecule has 1 N–H and O–H groups in total. The summed E-state index contributed by atoms with van der Waals surface area (Å²) in [6.07, 6.45) is 8.02. The number of carbonyl (C=O) groups excluding carboxylic acids is 1. The first-order chi connectivity index (χ1) is 8.25. The van der Waals surface area contributed by atoms with E-state index in [0.717, 1.165) is 25.8 Å². The van der Waals surface area contributed by atoms with Crippen LogP contribution in [0, 0.1) is 12.3 Å². The van der Waals surface area contributed by atoms with Crippen molar-refractivity contribution in [2.75, 3.05) is 32.8 Å². The quantitative estimate of drug-likeness (QED) is 0.545. The zero-order valence-electron chi connectivity index (χ0n) is 10.6. The molecule has 0 aliphatic carbocycles. The van der Waals surface area contributed by atoms with Crippen LogP contribution in [0.15, 0.2) is 0 Å². The van der Waals surface area contributed by atoms with Crippen LogP contribution in [0.3, 0.4) is 0 Å². The predicted octanol–water partition coefficient (Wildman–Crippen LogP) is 0.627. The normalized spacial score (nSPS) is 17.5. The van der Waals surface area contributed by atoms with Gasteiger partial charge in [0.25, 0.3) is 0 Å². The fourth-order valence-electron chi connectivity index (χ4n) is 1.82. The van der Waals surface area contributed by atoms with Gasteiger partial charge in [0.05, 0.1) is 19.3 Å². The van der Waals surface area contributed by atoms with Crippen molar-refractivity contribution in [1.29, 1.82) is 0 Å². The Kier molecular flexibility index (Phi) is 6.68. The van der Waals surface area contributed by atoms with Gasteiger partial charge in [0.15, 0.2) is 0 Å². The van der Waals surface area contributed by atoms with Gasteiger partial charge in [0.2, 0.25) is 5.91 Å². The minimum absolute atomic E-state index is 0.112. The Morgan fingerprint density at radius 1 is 1.47 bits per heavy atom. The third-order valence-corrected chi connectivity index (χ3v) is 2.89. The van der Waals surface area contributed by atoms with E-state index in [0.29, 0.717) is 26.3 Å². The van der Waals surface area contributed by atoms with Crippen molar-refractivity contribution in [3.63, 3.8) is 0 Å². The third-order valence-electron chi connectivity index (χ3n) is 2.89. The number of nitrogens with one attached hydrogen (secondary N) is 1. The first kappa shape index (κ1) is 14.0. The molecule has 96 valence electrons. The molecule has 4 nitrogen and oxygen atoms in total. The van der Waals surface area contributed by atoms with E-state index in [-0.39, 0.29) is 11.9 Å². The van der Waals surface area contributed by atoms with Crippen LogP contribution < -0.4 is 5.32 Å². The number of ether oxygens (including phenoxy) is 1. The number of hydrogen-bond acceptors (Lipinski definition) is 3. The highest BCUT2D eigenvalue weighted by Gasteiger charge is 2.21. The van der Waals surface area contributed by atoms with Crippen LogP contribution in [0.4, 0.5) is 0 Å². The molecule has 0 aromatic carbocycles. The van der Waals surface area contributed by atoms with Crippen molar-refractivity contribution in [3.8, 4) is 12.3 Å². The topological polar surface area (TPSA) is 41.6 Å². The molecule has 17 heavy (non-hydrogen) atoms. The Balaban J connectivity index is 2.15. The maximum Gasteiger partial charge on any atom is 0.239 e. The Bertz CT molecular complexity index is 267. The average molecular weight is 238 g/mol. The molecule has 0 aromatic rings. The highest BCUT2D eigenvalue weighted by atomic mass is 16.5. The number of nitrogens with zero attached hydrogens (tertiary/aromatic N) is 1. The summed E-state index contributed by atoms with van der Waals surface area (Å²) in [5, 5.41) is 3.24. The molecule has 0 aromatic heterocycles. The van der Waals surface area contributed by atoms with Gasteiger partial charge in [-0.15, -0.1) is 12.3 Å². The summed E-state index contributed by atoms with van der Waals surface area (Å²) in [7, 11) is 0. The smallest absolute Gasteiger partial charge is 0.239 e. The Labute approximate surface area is 104 Å². The van der Waals surface area contributed by atoms with Gasteiger partial charge in [-0.3, -0.25) is 4.79 Å². The first-order valence-electron chi connectivity index (χ1n) is 6.29. The van der Waals surface area contributed by atoms with Gasteiger partial charge in [-0.25, -0.2) is 0 Å². The molecule has 0 spiro atoms. The summed E-state index contributed by atoms with van der Waals surface area (Å²) in [5.74, 6) is 2.78. The molecule has 1 atom stereocenters. The van der Waals surface area contributed by atoms with E-state index < -0.39 is 0 Å². The number of unbranched alkanes of at least 4 members (excludes halogenated alkanes) is 2. The second kappa shape index (κ2) is 8.10. The maximum atomic E-state index is 12.0. The lowest BCUT2D eigenvalue weighted by Crippen LogP contribution is -2.49. The van der Waals surface area contributed by atoms with Crippen LogP contribution in [0.1, 0.15) is 26.2 Å². The number of terminal acetylenes is 1. The zero-order chi connectivity index (χ0) is 12.5. The Morgan fingerprint density at radius 3 is 2.82 bits per heavy atom. The van der Waals surface area contributed by atoms with E-state index >= 15 is 0 Å². The summed E-state index contributed by atoms with van der Waals surface area (Å²) in [6.45, 7) is 5.49. The van der Waals surface area contributed by atoms with Crippen molar-refractivity contribution in [3.05, 3.63) is 0 Å². The summed E-state index contributed by atoms with van der Waals surface area (Å²) in [4.78, 5) is 13.9. The zero-order valence-corrected chi connectivity index (χ0v) is 10.6. The lowest BCUT2D eigenvalue weighted by atomic mass is 10.2. The monoisotopic (exact) mass is 238 g/mol. The van der Waals surface area contributed by atoms with Gasteiger partial charge in [-0.05, 0) is 26.3 Å². The predicted molar refractivity (Wildman–Crippen MR) is 67.5 cm³/mol. The van der Waals surface area contributed by atoms with E-state index in [2.05, 4.69) is 11.2 Å². The van der Waals surface area contributed by atoms with E-state index in [1.54, 1.807) is 0 Å². The Hall–Kier alpha value is -1.05. The molecule has 1 rings (SSSR count). The van der Waals surface area contributed by atoms with Crippen molar-refractivity contribution in [2.24, 2.45) is 0 Å². The number of rotatable bonds is 6. The summed E-state index contributed by atoms with van der Waals surface area (Å²) in [5.41, 5.74) is 0. The van der Waals surface area contributed by atoms with E-state index in [9.17, 15) is 4.79 Å². The summed E-state index contributed by atoms with van der Waals surface area (Å²) in [6, 6.07) is -0.112. The van der Waals surface area contributed by atoms with Crippen molar-refractivity contribution < 1.29 is 9.53 Å². The van der Waals surface area contributed by atoms with Crippen molar-refractivity contribution in [2.45, 2.75) is 32.2 Å². The minimum Gasteiger partial charge on any atom is -0.378 e. The minimum atomic E-state index is -0.112. The molecular formula is C13H22N2O2. The fourth-order valence-corrected chi connectivity index (χ4v) is 1.82. The second-order valence-corrected chi connectivity index (χ2v) is 4.27. The van der Waals surface area contributed by atoms with Gasteiger partial charge in [-0.1, -0.05) is 0 Å². The molecule has 0 saturated carbocycles. The Morgan fingerprint density at radius 2 is 2.18 bits per heavy atom. The van der Waals surface area contributed by atoms with Crippen LogP contribution in [0.2, 0.25) is 0 Å². The van der Waals surface area contributed by atoms with Crippen molar-refractivity contribution in [1.82, 2.24) is 10.2 Å². The van der Waals surface area contributed by atoms with Crippen molar-refractivity contribution >= 4 is 5.91 Å². The lowest BCUT2D eigenvalue weighted by Gasteiger charge is -2.29. The third kappa shape index (κ3) is 5.20. The average Bonchev–Trinajstić information content (AvgIpc) is 2.38. The van der Waals surface area contributed by atoms with Crippen LogP contribution in [-0.4, -0.2) is 49.7 Å². The highest BCUT2D eigenvalue weighted by Crippen LogP contribution is 2.01. The summed E-state index contributed by atoms with van der Waals surface area (Å²) < 4.78 is 5.22. The number of carbonyl (C=O) groups is 1. The largest absolute Gasteiger partial charge is 0.378 e. The second-order valence-electron chi connectivity index (χ2n) is 4.27. The molecule has 4 heteroatoms. The van der Waals surface area contributed by atoms with Gasteiger partial charge >= 0.3 is 0 Å². The summed E-state index contributed by atoms with van der Waals surface area (Å²) >= 11 is 0. The molecule has 0 radical (unpaired) electrons. The number of morpholine rings is 1. The molecule has 1 heterocycles. The molecule has 1 amide bonds. The highest BCUT2D eigenvalue weighted by molar-refractivity contribution is 5.81. The standard InChI is InChI=1S/C13H22N2O2/c1-3-4-5-6-7-14-12(2)13(16)15-8-10-17-11-9-15/h1,12,14H,4-11H2,2H3. The van der Waals surface area contributed by atoms with Gasteiger partial charge < -0.3 is 15.0 Å². The molecule has 1 aliphatic heterocycles. The molecule has 1 aliphatic rings. The SMILES string of the molecule is C#CCCCCNC(C)C(=O)N1CCOCC1. The lowest BCUT2D eigenvalue weighted by molar-refractivity contribution is -0.137. The maximum absolute atomic E-state index is 12.0. The van der Waals surface area contributed by atoms with Crippen LogP contribution in [0.5, 0.6) is 0 Å². The van der Waals surface area contributed by atoms with Crippen LogP contribution in [-0.2, 0) is 9.53 Å². The first-order valence-corrected chi connectivity index (χ1v) is 6.29. The fraction of sp³-hybridized carbons (Fsp3) is 0.769. The number of hydrogen-bond donors (Lipinski definition) is 1. The van der Waals surface area contributed by atoms with Crippen LogP contribution in [0.25, 0.3) is 0 Å². The number of amides is 1. The molecule has 1 fully saturated rings. The van der Waals surface area contributed by atoms with E-state index in [1.807, 2.05) is 11.8 Å².